The molecule has 5 aliphatic heterocycles. The first kappa shape index (κ1) is 89.7. The molecule has 706 valence electrons. The zero-order valence-electron chi connectivity index (χ0n) is 75.2. The van der Waals surface area contributed by atoms with Crippen molar-refractivity contribution < 1.29 is 37.2 Å². The molecule has 5 atom stereocenters. The summed E-state index contributed by atoms with van der Waals surface area (Å²) in [5.74, 6) is 3.56. The van der Waals surface area contributed by atoms with E-state index in [1.807, 2.05) is 187 Å². The molecule has 5 aromatic carbocycles. The first-order valence-electron chi connectivity index (χ1n) is 45.4. The van der Waals surface area contributed by atoms with Crippen LogP contribution in [0.4, 0.5) is 33.5 Å². The second-order valence-electron chi connectivity index (χ2n) is 33.5. The molecule has 0 bridgehead atoms. The fourth-order valence-electron chi connectivity index (χ4n) is 17.2. The van der Waals surface area contributed by atoms with Crippen LogP contribution in [0.1, 0.15) is 84.5 Å². The summed E-state index contributed by atoms with van der Waals surface area (Å²) in [6.45, 7) is 7.31. The Morgan fingerprint density at radius 1 is 0.340 bits per heavy atom. The van der Waals surface area contributed by atoms with E-state index in [2.05, 4.69) is 141 Å². The van der Waals surface area contributed by atoms with Gasteiger partial charge in [0.2, 0.25) is 23.1 Å². The molecular weight excluding hydrogens is 1840 g/mol. The van der Waals surface area contributed by atoms with E-state index in [-0.39, 0.29) is 77.0 Å². The molecule has 20 aromatic rings. The lowest BCUT2D eigenvalue weighted by Crippen LogP contribution is -2.37. The van der Waals surface area contributed by atoms with Crippen LogP contribution < -0.4 is 51.1 Å². The summed E-state index contributed by atoms with van der Waals surface area (Å²) in [6, 6.07) is 46.5. The number of imidazole rings is 2. The number of rotatable bonds is 20. The molecule has 0 radical (unpaired) electrons. The molecule has 0 unspecified atom stereocenters. The molecule has 141 heavy (non-hydrogen) atoms. The second-order valence-corrected chi connectivity index (χ2v) is 35.2. The summed E-state index contributed by atoms with van der Waals surface area (Å²) in [5, 5.41) is 45.2. The van der Waals surface area contributed by atoms with Crippen molar-refractivity contribution in [1.82, 2.24) is 144 Å². The molecule has 0 spiro atoms. The quantitative estimate of drug-likeness (QED) is 0.0473. The van der Waals surface area contributed by atoms with Gasteiger partial charge >= 0.3 is 0 Å². The monoisotopic (exact) mass is 1920 g/mol. The molecule has 15 aromatic heterocycles. The molecule has 20 heterocycles. The van der Waals surface area contributed by atoms with Crippen LogP contribution in [0.3, 0.4) is 0 Å². The third kappa shape index (κ3) is 20.4. The number of benzene rings is 5. The van der Waals surface area contributed by atoms with E-state index in [1.165, 1.54) is 53.7 Å². The largest absolute Gasteiger partial charge is 0.444 e. The second kappa shape index (κ2) is 41.0. The van der Waals surface area contributed by atoms with Crippen molar-refractivity contribution in [2.45, 2.75) is 62.3 Å². The van der Waals surface area contributed by atoms with Crippen molar-refractivity contribution in [2.24, 2.45) is 0 Å². The van der Waals surface area contributed by atoms with E-state index >= 15 is 0 Å². The average Bonchev–Trinajstić information content (AvgIpc) is 1.67. The maximum atomic E-state index is 13.1. The Kier molecular flexibility index (Phi) is 26.1. The van der Waals surface area contributed by atoms with Gasteiger partial charge in [-0.1, -0.05) is 97.1 Å². The summed E-state index contributed by atoms with van der Waals surface area (Å²) < 4.78 is 34.8. The van der Waals surface area contributed by atoms with Crippen LogP contribution >= 0.6 is 22.7 Å². The van der Waals surface area contributed by atoms with Crippen molar-refractivity contribution in [3.8, 4) is 49.7 Å². The summed E-state index contributed by atoms with van der Waals surface area (Å²) in [6.07, 6.45) is 38.5. The highest BCUT2D eigenvalue weighted by atomic mass is 32.1. The Balaban J connectivity index is 0.000000104. The molecule has 5 N–H and O–H groups in total. The predicted octanol–water partition coefficient (Wildman–Crippen LogP) is 10.8. The zero-order chi connectivity index (χ0) is 95.5. The topological polar surface area (TPSA) is 447 Å². The summed E-state index contributed by atoms with van der Waals surface area (Å²) in [4.78, 5) is 127. The molecule has 5 saturated heterocycles. The van der Waals surface area contributed by atoms with Crippen molar-refractivity contribution in [3.63, 3.8) is 0 Å². The van der Waals surface area contributed by atoms with Gasteiger partial charge in [0.1, 0.15) is 58.7 Å². The van der Waals surface area contributed by atoms with Gasteiger partial charge in [-0.3, -0.25) is 32.8 Å². The molecule has 44 heteroatoms. The van der Waals surface area contributed by atoms with Crippen molar-refractivity contribution in [1.29, 1.82) is 0 Å². The van der Waals surface area contributed by atoms with E-state index in [4.69, 9.17) is 8.83 Å². The van der Waals surface area contributed by atoms with E-state index in [0.717, 1.165) is 143 Å². The number of fused-ring (bicyclic) bond motifs is 5. The highest BCUT2D eigenvalue weighted by Crippen LogP contribution is 2.32. The predicted molar refractivity (Wildman–Crippen MR) is 521 cm³/mol. The van der Waals surface area contributed by atoms with Crippen LogP contribution in [0.2, 0.25) is 0 Å². The van der Waals surface area contributed by atoms with Crippen LogP contribution in [0.25, 0.3) is 78.0 Å². The molecule has 5 amide bonds. The maximum absolute atomic E-state index is 13.1. The van der Waals surface area contributed by atoms with Crippen molar-refractivity contribution in [2.75, 3.05) is 89.9 Å². The third-order valence-electron chi connectivity index (χ3n) is 24.2. The number of anilines is 5. The first-order chi connectivity index (χ1) is 69.3. The van der Waals surface area contributed by atoms with Gasteiger partial charge < -0.3 is 68.7 Å². The highest BCUT2D eigenvalue weighted by Gasteiger charge is 2.35. The third-order valence-corrected chi connectivity index (χ3v) is 26.0. The molecule has 5 fully saturated rings. The summed E-state index contributed by atoms with van der Waals surface area (Å²) >= 11 is 2.96. The Bertz CT molecular complexity index is 7040. The van der Waals surface area contributed by atoms with Gasteiger partial charge in [0.05, 0.1) is 5.69 Å². The number of oxazole rings is 2. The van der Waals surface area contributed by atoms with Gasteiger partial charge in [-0.05, 0) is 86.7 Å². The lowest BCUT2D eigenvalue weighted by molar-refractivity contribution is 0.0926. The molecule has 0 aliphatic carbocycles. The maximum Gasteiger partial charge on any atom is 0.273 e. The highest BCUT2D eigenvalue weighted by molar-refractivity contribution is 7.13. The number of carbonyl (C=O) groups excluding carboxylic acids is 5. The smallest absolute Gasteiger partial charge is 0.273 e. The first-order valence-corrected chi connectivity index (χ1v) is 47.2. The van der Waals surface area contributed by atoms with Crippen molar-refractivity contribution >= 4 is 110 Å². The number of aromatic nitrogens is 24. The van der Waals surface area contributed by atoms with Crippen LogP contribution in [0.15, 0.2) is 296 Å². The zero-order valence-corrected chi connectivity index (χ0v) is 76.8. The van der Waals surface area contributed by atoms with E-state index in [0.29, 0.717) is 78.6 Å². The minimum Gasteiger partial charge on any atom is -0.444 e. The minimum absolute atomic E-state index is 0.00523. The molecule has 5 aliphatic rings. The number of amides is 5. The van der Waals surface area contributed by atoms with Gasteiger partial charge in [0.15, 0.2) is 63.1 Å². The molecule has 0 saturated carbocycles. The Labute approximate surface area is 809 Å². The summed E-state index contributed by atoms with van der Waals surface area (Å²) in [5.41, 5.74) is 9.97. The van der Waals surface area contributed by atoms with E-state index in [9.17, 15) is 28.4 Å². The lowest BCUT2D eigenvalue weighted by Gasteiger charge is -2.18. The number of nitrogens with zero attached hydrogens (tertiary/aromatic N) is 29. The van der Waals surface area contributed by atoms with Gasteiger partial charge in [-0.25, -0.2) is 73.4 Å². The van der Waals surface area contributed by atoms with Gasteiger partial charge in [-0.15, -0.1) is 43.1 Å². The lowest BCUT2D eigenvalue weighted by atomic mass is 10.2. The minimum atomic E-state index is -0.319. The normalized spacial score (nSPS) is 16.5. The molecular formula is C97H87FN34O7S2. The van der Waals surface area contributed by atoms with E-state index in [1.54, 1.807) is 95.8 Å². The van der Waals surface area contributed by atoms with Crippen LogP contribution in [-0.4, -0.2) is 242 Å². The van der Waals surface area contributed by atoms with E-state index < -0.39 is 0 Å². The molecule has 25 rings (SSSR count). The van der Waals surface area contributed by atoms with Crippen molar-refractivity contribution in [3.05, 3.63) is 321 Å². The number of hydrogen-bond donors (Lipinski definition) is 5. The number of carbonyl (C=O) groups is 5. The number of halogens is 1. The number of thiazole rings is 2. The van der Waals surface area contributed by atoms with Gasteiger partial charge in [0, 0.05) is 222 Å². The van der Waals surface area contributed by atoms with Gasteiger partial charge in [-0.2, -0.15) is 10.2 Å². The molecule has 41 nitrogen and oxygen atoms in total. The Morgan fingerprint density at radius 2 is 0.688 bits per heavy atom. The Hall–Kier alpha value is -17.8. The number of nitrogens with one attached hydrogen (secondary N) is 5. The SMILES string of the molecule is O=C(N[C@H]1CCN(c2nccn3ccnc23)C1)c1coc(-c2ccccc2)n1.O=C(N[C@H]1CCN(c2nccn3ccnc23)C1)c1csc(-c2ccccc2)n1.O=C(N[C@H]1CCN(c2nccn3cnnc23)C1)c1coc(-c2ccccc2)n1.O=C(N[C@H]1CCN(c2nccn3cnnc23)C1)c1csc(-c2ccccc2)n1.O=C(N[C@H]1CCN(c2nccn3ncnc23)C1)c1ccn(-c2ccc(F)cc2)n1. The fourth-order valence-corrected chi connectivity index (χ4v) is 18.8. The van der Waals surface area contributed by atoms with Crippen LogP contribution in [0, 0.1) is 5.82 Å². The van der Waals surface area contributed by atoms with Gasteiger partial charge in [0.25, 0.3) is 29.5 Å². The summed E-state index contributed by atoms with van der Waals surface area (Å²) in [7, 11) is 0. The standard InChI is InChI=1S/C20H18N6O2.C20H18N6OS.C19H17FN8O.C19H17N7O2.C19H17N7OS/c2*27-19(16-13-28-20(24-16)14-4-2-1-3-5-14)23-15-6-9-26(12-15)18-17-21-7-10-25(17)11-8-22-18;20-13-1-3-15(4-2-13)27-9-6-16(25-27)19(29)24-14-5-8-26(11-14)17-18-22-12-23-28(18)10-7-21-17;2*27-18(15-11-28-19(23-15)13-4-2-1-3-5-13)22-14-6-8-25(10-14)16-17-24-21-12-26(17)9-7-20-16/h2*1-5,7-8,10-11,13,15H,6,9,12H2,(H,23,27);1-4,6-7,9-10,12,14H,5,8,11H2,(H,24,29);2*1-5,7,9,11-12,14H,6,8,10H2,(H,22,27)/t2*15-;3*14-/m00000/s1. The average molecular weight is 1920 g/mol. The fraction of sp³-hybridized carbons (Fsp3) is 0.206. The van der Waals surface area contributed by atoms with Crippen LogP contribution in [0.5, 0.6) is 0 Å². The Morgan fingerprint density at radius 3 is 1.09 bits per heavy atom. The number of hydrogen-bond acceptors (Lipinski definition) is 32. The van der Waals surface area contributed by atoms with Crippen LogP contribution in [-0.2, 0) is 0 Å².